The van der Waals surface area contributed by atoms with Gasteiger partial charge in [0.05, 0.1) is 0 Å². The molecule has 0 N–H and O–H groups in total. The lowest BCUT2D eigenvalue weighted by Crippen LogP contribution is -2.10. The Kier molecular flexibility index (Phi) is 6.41. The van der Waals surface area contributed by atoms with E-state index in [0.717, 1.165) is 12.3 Å². The van der Waals surface area contributed by atoms with E-state index in [1.807, 2.05) is 0 Å². The second-order valence-electron chi connectivity index (χ2n) is 11.0. The van der Waals surface area contributed by atoms with Gasteiger partial charge in [-0.3, -0.25) is 0 Å². The summed E-state index contributed by atoms with van der Waals surface area (Å²) in [6, 6.07) is 16.7. The first kappa shape index (κ1) is 21.9. The molecule has 0 bridgehead atoms. The Hall–Kier alpha value is -2.60. The van der Waals surface area contributed by atoms with Crippen LogP contribution in [0.5, 0.6) is 0 Å². The number of fused-ring (bicyclic) bond motifs is 2. The molecule has 4 aliphatic rings. The zero-order valence-corrected chi connectivity index (χ0v) is 20.6. The van der Waals surface area contributed by atoms with Gasteiger partial charge in [0.25, 0.3) is 0 Å². The molecule has 0 aromatic heterocycles. The first-order valence-corrected chi connectivity index (χ1v) is 13.8. The van der Waals surface area contributed by atoms with Gasteiger partial charge in [-0.05, 0) is 89.0 Å². The summed E-state index contributed by atoms with van der Waals surface area (Å²) in [5.41, 5.74) is 11.9. The van der Waals surface area contributed by atoms with Crippen LogP contribution < -0.4 is 0 Å². The fraction of sp³-hybridized carbons (Fsp3) is 0.412. The molecule has 0 heteroatoms. The van der Waals surface area contributed by atoms with Crippen molar-refractivity contribution < 1.29 is 0 Å². The van der Waals surface area contributed by atoms with Crippen molar-refractivity contribution in [1.82, 2.24) is 0 Å². The van der Waals surface area contributed by atoms with Crippen molar-refractivity contribution >= 4 is 5.57 Å². The molecule has 2 aromatic carbocycles. The monoisotopic (exact) mass is 446 g/mol. The topological polar surface area (TPSA) is 0 Å². The van der Waals surface area contributed by atoms with Gasteiger partial charge in [-0.2, -0.15) is 0 Å². The third-order valence-corrected chi connectivity index (χ3v) is 8.74. The van der Waals surface area contributed by atoms with Gasteiger partial charge in [-0.15, -0.1) is 0 Å². The Bertz CT molecular complexity index is 1150. The van der Waals surface area contributed by atoms with Crippen molar-refractivity contribution in [2.24, 2.45) is 11.8 Å². The summed E-state index contributed by atoms with van der Waals surface area (Å²) in [7, 11) is 0. The minimum absolute atomic E-state index is 0.415. The standard InChI is InChI=1S/C34H38/c1-2-8-25(7-1)9-3-4-10-26-15-17-27(18-16-26)23-30-21-22-33(34-14-6-13-32(30)34)31-20-19-28-11-5-12-29(28)24-31/h6,13-22,24-25,34H,1-5,7-12,23H2. The molecule has 0 radical (unpaired) electrons. The van der Waals surface area contributed by atoms with Crippen LogP contribution in [0.3, 0.4) is 0 Å². The molecular formula is C34H38. The Morgan fingerprint density at radius 1 is 0.706 bits per heavy atom. The predicted molar refractivity (Wildman–Crippen MR) is 145 cm³/mol. The first-order chi connectivity index (χ1) is 16.8. The summed E-state index contributed by atoms with van der Waals surface area (Å²) >= 11 is 0. The molecule has 0 amide bonds. The second-order valence-corrected chi connectivity index (χ2v) is 11.0. The van der Waals surface area contributed by atoms with Crippen LogP contribution in [0.25, 0.3) is 5.57 Å². The molecule has 0 aliphatic heterocycles. The number of allylic oxidation sites excluding steroid dienone is 8. The van der Waals surface area contributed by atoms with Gasteiger partial charge in [0, 0.05) is 5.92 Å². The van der Waals surface area contributed by atoms with Crippen LogP contribution in [0, 0.1) is 11.8 Å². The number of rotatable bonds is 8. The van der Waals surface area contributed by atoms with Gasteiger partial charge in [0.2, 0.25) is 0 Å². The zero-order chi connectivity index (χ0) is 22.7. The summed E-state index contributed by atoms with van der Waals surface area (Å²) in [4.78, 5) is 0. The van der Waals surface area contributed by atoms with Crippen molar-refractivity contribution in [3.05, 3.63) is 112 Å². The minimum Gasteiger partial charge on any atom is -0.0726 e. The van der Waals surface area contributed by atoms with E-state index < -0.39 is 0 Å². The lowest BCUT2D eigenvalue weighted by Gasteiger charge is -2.25. The van der Waals surface area contributed by atoms with E-state index >= 15 is 0 Å². The van der Waals surface area contributed by atoms with Gasteiger partial charge in [-0.1, -0.05) is 111 Å². The van der Waals surface area contributed by atoms with E-state index in [2.05, 4.69) is 72.8 Å². The van der Waals surface area contributed by atoms with Crippen molar-refractivity contribution in [1.29, 1.82) is 0 Å². The average Bonchev–Trinajstić information content (AvgIpc) is 3.64. The number of benzene rings is 2. The van der Waals surface area contributed by atoms with Crippen LogP contribution in [0.2, 0.25) is 0 Å². The van der Waals surface area contributed by atoms with Gasteiger partial charge in [-0.25, -0.2) is 0 Å². The van der Waals surface area contributed by atoms with E-state index in [4.69, 9.17) is 0 Å². The molecule has 0 saturated heterocycles. The van der Waals surface area contributed by atoms with Gasteiger partial charge < -0.3 is 0 Å². The molecule has 1 saturated carbocycles. The largest absolute Gasteiger partial charge is 0.0726 e. The summed E-state index contributed by atoms with van der Waals surface area (Å²) in [5, 5.41) is 0. The van der Waals surface area contributed by atoms with Crippen LogP contribution in [0.1, 0.15) is 79.2 Å². The van der Waals surface area contributed by atoms with Gasteiger partial charge in [0.1, 0.15) is 0 Å². The number of hydrogen-bond acceptors (Lipinski definition) is 0. The first-order valence-electron chi connectivity index (χ1n) is 13.8. The molecule has 0 spiro atoms. The molecule has 34 heavy (non-hydrogen) atoms. The molecule has 0 heterocycles. The van der Waals surface area contributed by atoms with Crippen LogP contribution in [-0.4, -0.2) is 0 Å². The third-order valence-electron chi connectivity index (χ3n) is 8.74. The highest BCUT2D eigenvalue weighted by Gasteiger charge is 2.26. The van der Waals surface area contributed by atoms with E-state index in [1.54, 1.807) is 11.1 Å². The molecule has 0 nitrogen and oxygen atoms in total. The van der Waals surface area contributed by atoms with E-state index in [0.29, 0.717) is 5.92 Å². The maximum absolute atomic E-state index is 2.46. The molecule has 2 aromatic rings. The molecule has 1 atom stereocenters. The van der Waals surface area contributed by atoms with Crippen molar-refractivity contribution in [2.75, 3.05) is 0 Å². The Balaban J connectivity index is 1.10. The van der Waals surface area contributed by atoms with Crippen molar-refractivity contribution in [2.45, 2.75) is 77.0 Å². The molecule has 174 valence electrons. The van der Waals surface area contributed by atoms with Crippen LogP contribution in [0.15, 0.2) is 84.0 Å². The van der Waals surface area contributed by atoms with Crippen molar-refractivity contribution in [3.8, 4) is 0 Å². The summed E-state index contributed by atoms with van der Waals surface area (Å²) < 4.78 is 0. The SMILES string of the molecule is C1=CC2C(=C1)C(Cc1ccc(CCCCC3CCCC3)cc1)=CC=C2c1ccc2c(c1)CCC2. The number of hydrogen-bond donors (Lipinski definition) is 0. The maximum Gasteiger partial charge on any atom is 0.0281 e. The number of unbranched alkanes of at least 4 members (excludes halogenated alkanes) is 1. The second kappa shape index (κ2) is 9.95. The molecule has 1 fully saturated rings. The highest BCUT2D eigenvalue weighted by atomic mass is 14.3. The summed E-state index contributed by atoms with van der Waals surface area (Å²) in [5.74, 6) is 1.45. The Morgan fingerprint density at radius 3 is 2.41 bits per heavy atom. The van der Waals surface area contributed by atoms with Crippen LogP contribution in [0.4, 0.5) is 0 Å². The average molecular weight is 447 g/mol. The molecular weight excluding hydrogens is 408 g/mol. The van der Waals surface area contributed by atoms with Crippen molar-refractivity contribution in [3.63, 3.8) is 0 Å². The normalized spacial score (nSPS) is 21.3. The van der Waals surface area contributed by atoms with Gasteiger partial charge >= 0.3 is 0 Å². The minimum atomic E-state index is 0.415. The quantitative estimate of drug-likeness (QED) is 0.356. The smallest absolute Gasteiger partial charge is 0.0281 e. The fourth-order valence-corrected chi connectivity index (χ4v) is 6.74. The highest BCUT2D eigenvalue weighted by molar-refractivity contribution is 5.79. The predicted octanol–water partition coefficient (Wildman–Crippen LogP) is 8.76. The lowest BCUT2D eigenvalue weighted by atomic mass is 9.79. The van der Waals surface area contributed by atoms with Crippen LogP contribution in [-0.2, 0) is 25.7 Å². The van der Waals surface area contributed by atoms with E-state index in [1.165, 1.54) is 104 Å². The fourth-order valence-electron chi connectivity index (χ4n) is 6.74. The molecule has 4 aliphatic carbocycles. The Labute approximate surface area is 206 Å². The zero-order valence-electron chi connectivity index (χ0n) is 20.6. The highest BCUT2D eigenvalue weighted by Crippen LogP contribution is 2.42. The van der Waals surface area contributed by atoms with E-state index in [9.17, 15) is 0 Å². The molecule has 1 unspecified atom stereocenters. The van der Waals surface area contributed by atoms with E-state index in [-0.39, 0.29) is 0 Å². The summed E-state index contributed by atoms with van der Waals surface area (Å²) in [6.07, 6.45) is 28.0. The lowest BCUT2D eigenvalue weighted by molar-refractivity contribution is 0.473. The Morgan fingerprint density at radius 2 is 1.53 bits per heavy atom. The summed E-state index contributed by atoms with van der Waals surface area (Å²) in [6.45, 7) is 0. The van der Waals surface area contributed by atoms with Crippen LogP contribution >= 0.6 is 0 Å². The molecule has 6 rings (SSSR count). The number of aryl methyl sites for hydroxylation is 3. The third kappa shape index (κ3) is 4.65. The maximum atomic E-state index is 2.46. The van der Waals surface area contributed by atoms with Gasteiger partial charge in [0.15, 0.2) is 0 Å².